The lowest BCUT2D eigenvalue weighted by Crippen LogP contribution is -2.42. The third-order valence-corrected chi connectivity index (χ3v) is 4.49. The van der Waals surface area contributed by atoms with Crippen molar-refractivity contribution in [3.8, 4) is 0 Å². The first-order chi connectivity index (χ1) is 11.0. The highest BCUT2D eigenvalue weighted by atomic mass is 35.5. The summed E-state index contributed by atoms with van der Waals surface area (Å²) in [5, 5.41) is 5.63. The first-order valence-electron chi connectivity index (χ1n) is 8.42. The lowest BCUT2D eigenvalue weighted by molar-refractivity contribution is -0.126. The van der Waals surface area contributed by atoms with Gasteiger partial charge in [0, 0.05) is 17.8 Å². The van der Waals surface area contributed by atoms with Gasteiger partial charge in [0.15, 0.2) is 0 Å². The molecule has 1 unspecified atom stereocenters. The van der Waals surface area contributed by atoms with Crippen LogP contribution in [-0.2, 0) is 9.59 Å². The minimum atomic E-state index is -0.563. The number of aryl methyl sites for hydroxylation is 1. The van der Waals surface area contributed by atoms with Crippen molar-refractivity contribution in [3.63, 3.8) is 0 Å². The van der Waals surface area contributed by atoms with Crippen molar-refractivity contribution < 1.29 is 9.59 Å². The molecule has 0 heterocycles. The largest absolute Gasteiger partial charge is 0.399 e. The van der Waals surface area contributed by atoms with E-state index in [0.29, 0.717) is 23.7 Å². The van der Waals surface area contributed by atoms with E-state index in [1.54, 1.807) is 19.1 Å². The topological polar surface area (TPSA) is 84.2 Å². The maximum absolute atomic E-state index is 12.2. The van der Waals surface area contributed by atoms with Gasteiger partial charge in [-0.05, 0) is 50.3 Å². The van der Waals surface area contributed by atoms with Crippen molar-refractivity contribution in [2.24, 2.45) is 5.92 Å². The van der Waals surface area contributed by atoms with Crippen LogP contribution in [0, 0.1) is 12.8 Å². The first kappa shape index (κ1) is 20.3. The molecule has 0 radical (unpaired) electrons. The van der Waals surface area contributed by atoms with Crippen LogP contribution < -0.4 is 16.4 Å². The van der Waals surface area contributed by atoms with E-state index in [9.17, 15) is 9.59 Å². The molecule has 1 fully saturated rings. The quantitative estimate of drug-likeness (QED) is 0.709. The average Bonchev–Trinajstić information content (AvgIpc) is 2.51. The summed E-state index contributed by atoms with van der Waals surface area (Å²) in [4.78, 5) is 24.3. The van der Waals surface area contributed by atoms with Crippen LogP contribution in [0.3, 0.4) is 0 Å². The molecule has 4 N–H and O–H groups in total. The predicted octanol–water partition coefficient (Wildman–Crippen LogP) is 3.41. The first-order valence-corrected chi connectivity index (χ1v) is 8.42. The van der Waals surface area contributed by atoms with Crippen molar-refractivity contribution in [2.45, 2.75) is 58.4 Å². The standard InChI is InChI=1S/C18H27N3O2.ClH/c1-12-8-9-15(19)11-16(12)21-18(23)13(2)20-17(22)10-14-6-4-3-5-7-14;/h8-9,11,13-14H,3-7,10,19H2,1-2H3,(H,20,22)(H,21,23);1H. The summed E-state index contributed by atoms with van der Waals surface area (Å²) < 4.78 is 0. The monoisotopic (exact) mass is 353 g/mol. The van der Waals surface area contributed by atoms with Crippen LogP contribution in [0.5, 0.6) is 0 Å². The molecule has 134 valence electrons. The number of nitrogen functional groups attached to an aromatic ring is 1. The number of rotatable bonds is 5. The van der Waals surface area contributed by atoms with Gasteiger partial charge >= 0.3 is 0 Å². The normalized spacial score (nSPS) is 15.9. The molecular formula is C18H28ClN3O2. The second-order valence-corrected chi connectivity index (χ2v) is 6.56. The number of hydrogen-bond donors (Lipinski definition) is 3. The molecule has 6 heteroatoms. The van der Waals surface area contributed by atoms with Gasteiger partial charge in [-0.2, -0.15) is 0 Å². The van der Waals surface area contributed by atoms with Gasteiger partial charge in [0.05, 0.1) is 0 Å². The van der Waals surface area contributed by atoms with Gasteiger partial charge in [0.2, 0.25) is 11.8 Å². The highest BCUT2D eigenvalue weighted by Crippen LogP contribution is 2.26. The number of amides is 2. The molecule has 1 aromatic rings. The molecule has 0 aliphatic heterocycles. The molecule has 0 saturated heterocycles. The number of benzene rings is 1. The summed E-state index contributed by atoms with van der Waals surface area (Å²) in [6.45, 7) is 3.61. The molecule has 1 aliphatic rings. The van der Waals surface area contributed by atoms with E-state index in [-0.39, 0.29) is 24.2 Å². The number of carbonyl (C=O) groups excluding carboxylic acids is 2. The van der Waals surface area contributed by atoms with E-state index in [1.807, 2.05) is 13.0 Å². The summed E-state index contributed by atoms with van der Waals surface area (Å²) in [5.41, 5.74) is 7.96. The van der Waals surface area contributed by atoms with Crippen molar-refractivity contribution in [2.75, 3.05) is 11.1 Å². The van der Waals surface area contributed by atoms with Gasteiger partial charge < -0.3 is 16.4 Å². The zero-order chi connectivity index (χ0) is 16.8. The van der Waals surface area contributed by atoms with E-state index in [0.717, 1.165) is 18.4 Å². The molecular weight excluding hydrogens is 326 g/mol. The molecule has 2 amide bonds. The highest BCUT2D eigenvalue weighted by Gasteiger charge is 2.20. The molecule has 24 heavy (non-hydrogen) atoms. The molecule has 1 aliphatic carbocycles. The molecule has 0 spiro atoms. The van der Waals surface area contributed by atoms with Crippen molar-refractivity contribution >= 4 is 35.6 Å². The Bertz CT molecular complexity index is 571. The number of carbonyl (C=O) groups is 2. The van der Waals surface area contributed by atoms with Crippen LogP contribution in [0.2, 0.25) is 0 Å². The van der Waals surface area contributed by atoms with Gasteiger partial charge in [-0.25, -0.2) is 0 Å². The molecule has 0 aromatic heterocycles. The second kappa shape index (κ2) is 9.52. The lowest BCUT2D eigenvalue weighted by Gasteiger charge is -2.22. The zero-order valence-corrected chi connectivity index (χ0v) is 15.2. The summed E-state index contributed by atoms with van der Waals surface area (Å²) in [6.07, 6.45) is 6.46. The van der Waals surface area contributed by atoms with Gasteiger partial charge in [-0.15, -0.1) is 12.4 Å². The highest BCUT2D eigenvalue weighted by molar-refractivity contribution is 5.97. The van der Waals surface area contributed by atoms with Gasteiger partial charge in [-0.3, -0.25) is 9.59 Å². The Morgan fingerprint density at radius 3 is 2.58 bits per heavy atom. The van der Waals surface area contributed by atoms with Gasteiger partial charge in [0.1, 0.15) is 6.04 Å². The van der Waals surface area contributed by atoms with E-state index in [1.165, 1.54) is 19.3 Å². The van der Waals surface area contributed by atoms with Crippen LogP contribution in [0.1, 0.15) is 51.0 Å². The van der Waals surface area contributed by atoms with Crippen LogP contribution in [0.15, 0.2) is 18.2 Å². The Hall–Kier alpha value is -1.75. The Labute approximate surface area is 150 Å². The fourth-order valence-electron chi connectivity index (χ4n) is 3.03. The fourth-order valence-corrected chi connectivity index (χ4v) is 3.03. The summed E-state index contributed by atoms with van der Waals surface area (Å²) in [5.74, 6) is 0.203. The summed E-state index contributed by atoms with van der Waals surface area (Å²) in [7, 11) is 0. The van der Waals surface area contributed by atoms with Gasteiger partial charge in [0.25, 0.3) is 0 Å². The molecule has 5 nitrogen and oxygen atoms in total. The van der Waals surface area contributed by atoms with Crippen LogP contribution in [-0.4, -0.2) is 17.9 Å². The lowest BCUT2D eigenvalue weighted by atomic mass is 9.87. The molecule has 1 aromatic carbocycles. The second-order valence-electron chi connectivity index (χ2n) is 6.56. The average molecular weight is 354 g/mol. The molecule has 1 saturated carbocycles. The predicted molar refractivity (Wildman–Crippen MR) is 100 cm³/mol. The minimum absolute atomic E-state index is 0. The number of nitrogens with two attached hydrogens (primary N) is 1. The van der Waals surface area contributed by atoms with Crippen LogP contribution >= 0.6 is 12.4 Å². The number of hydrogen-bond acceptors (Lipinski definition) is 3. The fraction of sp³-hybridized carbons (Fsp3) is 0.556. The number of halogens is 1. The third kappa shape index (κ3) is 6.04. The van der Waals surface area contributed by atoms with E-state index in [2.05, 4.69) is 10.6 Å². The summed E-state index contributed by atoms with van der Waals surface area (Å²) >= 11 is 0. The van der Waals surface area contributed by atoms with Crippen molar-refractivity contribution in [3.05, 3.63) is 23.8 Å². The Morgan fingerprint density at radius 1 is 1.25 bits per heavy atom. The molecule has 2 rings (SSSR count). The van der Waals surface area contributed by atoms with E-state index < -0.39 is 6.04 Å². The number of nitrogens with one attached hydrogen (secondary N) is 2. The molecule has 1 atom stereocenters. The van der Waals surface area contributed by atoms with Crippen LogP contribution in [0.25, 0.3) is 0 Å². The van der Waals surface area contributed by atoms with E-state index in [4.69, 9.17) is 5.73 Å². The Kier molecular flexibility index (Phi) is 8.05. The van der Waals surface area contributed by atoms with Crippen molar-refractivity contribution in [1.29, 1.82) is 0 Å². The number of anilines is 2. The SMILES string of the molecule is Cc1ccc(N)cc1NC(=O)C(C)NC(=O)CC1CCCCC1.Cl. The zero-order valence-electron chi connectivity index (χ0n) is 14.4. The maximum Gasteiger partial charge on any atom is 0.246 e. The smallest absolute Gasteiger partial charge is 0.246 e. The maximum atomic E-state index is 12.2. The van der Waals surface area contributed by atoms with E-state index >= 15 is 0 Å². The van der Waals surface area contributed by atoms with Crippen LogP contribution in [0.4, 0.5) is 11.4 Å². The third-order valence-electron chi connectivity index (χ3n) is 4.49. The minimum Gasteiger partial charge on any atom is -0.399 e. The summed E-state index contributed by atoms with van der Waals surface area (Å²) in [6, 6.07) is 4.81. The van der Waals surface area contributed by atoms with Crippen molar-refractivity contribution in [1.82, 2.24) is 5.32 Å². The molecule has 0 bridgehead atoms. The Morgan fingerprint density at radius 2 is 1.92 bits per heavy atom. The Balaban J connectivity index is 0.00000288. The van der Waals surface area contributed by atoms with Gasteiger partial charge in [-0.1, -0.05) is 25.3 Å².